The van der Waals surface area contributed by atoms with Gasteiger partial charge in [0.2, 0.25) is 5.91 Å². The van der Waals surface area contributed by atoms with E-state index in [1.165, 1.54) is 0 Å². The number of Topliss-reactive ketones (excluding diaryl/α,β-unsaturated/α-hetero) is 1. The van der Waals surface area contributed by atoms with Crippen molar-refractivity contribution in [3.63, 3.8) is 0 Å². The van der Waals surface area contributed by atoms with Gasteiger partial charge in [-0.05, 0) is 35.6 Å². The zero-order chi connectivity index (χ0) is 19.2. The Bertz CT molecular complexity index is 950. The molecular weight excluding hydrogens is 404 g/mol. The van der Waals surface area contributed by atoms with E-state index in [1.54, 1.807) is 17.3 Å². The van der Waals surface area contributed by atoms with Crippen molar-refractivity contribution < 1.29 is 9.59 Å². The lowest BCUT2D eigenvalue weighted by atomic mass is 9.69. The Hall–Kier alpha value is -2.27. The monoisotopic (exact) mass is 424 g/mol. The Kier molecular flexibility index (Phi) is 4.50. The third-order valence-electron chi connectivity index (χ3n) is 5.33. The molecule has 0 saturated carbocycles. The molecule has 0 saturated heterocycles. The van der Waals surface area contributed by atoms with Crippen molar-refractivity contribution in [3.05, 3.63) is 70.1 Å². The summed E-state index contributed by atoms with van der Waals surface area (Å²) in [4.78, 5) is 32.3. The average Bonchev–Trinajstić information content (AvgIpc) is 2.61. The first kappa shape index (κ1) is 18.1. The third kappa shape index (κ3) is 3.25. The first-order valence-corrected chi connectivity index (χ1v) is 9.90. The van der Waals surface area contributed by atoms with Crippen LogP contribution in [0.25, 0.3) is 0 Å². The molecule has 4 nitrogen and oxygen atoms in total. The summed E-state index contributed by atoms with van der Waals surface area (Å²) in [6, 6.07) is 11.6. The largest absolute Gasteiger partial charge is 0.294 e. The summed E-state index contributed by atoms with van der Waals surface area (Å²) in [6.45, 7) is 4.17. The minimum Gasteiger partial charge on any atom is -0.294 e. The smallest absolute Gasteiger partial charge is 0.232 e. The van der Waals surface area contributed by atoms with Crippen molar-refractivity contribution in [2.24, 2.45) is 5.41 Å². The molecule has 0 radical (unpaired) electrons. The number of amides is 1. The fourth-order valence-corrected chi connectivity index (χ4v) is 4.79. The molecule has 2 aromatic rings. The highest BCUT2D eigenvalue weighted by Crippen LogP contribution is 2.48. The van der Waals surface area contributed by atoms with E-state index in [-0.39, 0.29) is 29.4 Å². The number of anilines is 1. The number of aromatic nitrogens is 1. The Morgan fingerprint density at radius 1 is 1.11 bits per heavy atom. The number of allylic oxidation sites excluding steroid dienone is 2. The summed E-state index contributed by atoms with van der Waals surface area (Å²) in [7, 11) is 0. The summed E-state index contributed by atoms with van der Waals surface area (Å²) in [6.07, 6.45) is 4.85. The van der Waals surface area contributed by atoms with Gasteiger partial charge in [0.15, 0.2) is 5.78 Å². The lowest BCUT2D eigenvalue weighted by molar-refractivity contribution is -0.121. The van der Waals surface area contributed by atoms with Crippen molar-refractivity contribution in [2.75, 3.05) is 4.90 Å². The van der Waals surface area contributed by atoms with Crippen LogP contribution in [0.3, 0.4) is 0 Å². The molecule has 0 spiro atoms. The van der Waals surface area contributed by atoms with E-state index in [1.807, 2.05) is 36.4 Å². The molecule has 1 aromatic carbocycles. The van der Waals surface area contributed by atoms with Gasteiger partial charge in [0.05, 0.1) is 11.9 Å². The molecule has 2 heterocycles. The molecule has 0 bridgehead atoms. The van der Waals surface area contributed by atoms with Crippen molar-refractivity contribution in [2.45, 2.75) is 39.0 Å². The van der Waals surface area contributed by atoms with Gasteiger partial charge < -0.3 is 0 Å². The van der Waals surface area contributed by atoms with Gasteiger partial charge in [-0.2, -0.15) is 0 Å². The highest BCUT2D eigenvalue weighted by molar-refractivity contribution is 9.10. The minimum absolute atomic E-state index is 0.00741. The number of carbonyl (C=O) groups is 2. The quantitative estimate of drug-likeness (QED) is 0.680. The van der Waals surface area contributed by atoms with Gasteiger partial charge in [0.1, 0.15) is 0 Å². The zero-order valence-corrected chi connectivity index (χ0v) is 17.0. The van der Waals surface area contributed by atoms with Gasteiger partial charge in [0.25, 0.3) is 0 Å². The maximum absolute atomic E-state index is 13.2. The molecule has 2 aliphatic rings. The molecule has 0 fully saturated rings. The Balaban J connectivity index is 1.92. The summed E-state index contributed by atoms with van der Waals surface area (Å²) >= 11 is 3.60. The van der Waals surface area contributed by atoms with Gasteiger partial charge in [-0.1, -0.05) is 48.0 Å². The number of nitrogens with zero attached hydrogens (tertiary/aromatic N) is 2. The third-order valence-corrected chi connectivity index (χ3v) is 6.05. The maximum Gasteiger partial charge on any atom is 0.232 e. The van der Waals surface area contributed by atoms with Crippen LogP contribution < -0.4 is 4.90 Å². The molecule has 5 heteroatoms. The van der Waals surface area contributed by atoms with Gasteiger partial charge in [0, 0.05) is 40.7 Å². The predicted octanol–water partition coefficient (Wildman–Crippen LogP) is 5.01. The SMILES string of the molecule is CC1(C)CC(=O)C2=C(C1)N(c1cccnc1)C(=O)CC2c1ccccc1Br. The summed E-state index contributed by atoms with van der Waals surface area (Å²) in [5, 5.41) is 0. The fourth-order valence-electron chi connectivity index (χ4n) is 4.22. The molecule has 1 aliphatic carbocycles. The van der Waals surface area contributed by atoms with Crippen LogP contribution in [-0.4, -0.2) is 16.7 Å². The second-order valence-corrected chi connectivity index (χ2v) is 8.87. The van der Waals surface area contributed by atoms with E-state index in [9.17, 15) is 9.59 Å². The van der Waals surface area contributed by atoms with Crippen molar-refractivity contribution in [3.8, 4) is 0 Å². The number of hydrogen-bond donors (Lipinski definition) is 0. The van der Waals surface area contributed by atoms with Crippen LogP contribution in [0.2, 0.25) is 0 Å². The van der Waals surface area contributed by atoms with E-state index in [4.69, 9.17) is 0 Å². The Morgan fingerprint density at radius 2 is 1.89 bits per heavy atom. The van der Waals surface area contributed by atoms with E-state index >= 15 is 0 Å². The Labute approximate surface area is 167 Å². The molecule has 0 N–H and O–H groups in total. The summed E-state index contributed by atoms with van der Waals surface area (Å²) in [5.74, 6) is -0.0593. The number of halogens is 1. The second kappa shape index (κ2) is 6.71. The number of ketones is 1. The average molecular weight is 425 g/mol. The number of pyridine rings is 1. The normalized spacial score (nSPS) is 22.0. The summed E-state index contributed by atoms with van der Waals surface area (Å²) in [5.41, 5.74) is 3.17. The number of rotatable bonds is 2. The van der Waals surface area contributed by atoms with E-state index in [2.05, 4.69) is 34.8 Å². The molecule has 1 aliphatic heterocycles. The maximum atomic E-state index is 13.2. The van der Waals surface area contributed by atoms with Gasteiger partial charge in [-0.25, -0.2) is 0 Å². The molecule has 1 unspecified atom stereocenters. The van der Waals surface area contributed by atoms with Crippen LogP contribution in [-0.2, 0) is 9.59 Å². The standard InChI is InChI=1S/C22H21BrN2O2/c1-22(2)11-18-21(19(26)12-22)16(15-7-3-4-8-17(15)23)10-20(27)25(18)14-6-5-9-24-13-14/h3-9,13,16H,10-12H2,1-2H3. The topological polar surface area (TPSA) is 50.3 Å². The van der Waals surface area contributed by atoms with Crippen molar-refractivity contribution in [1.29, 1.82) is 0 Å². The van der Waals surface area contributed by atoms with Crippen LogP contribution >= 0.6 is 15.9 Å². The lowest BCUT2D eigenvalue weighted by Crippen LogP contribution is -2.43. The van der Waals surface area contributed by atoms with Crippen LogP contribution in [0.5, 0.6) is 0 Å². The molecular formula is C22H21BrN2O2. The number of carbonyl (C=O) groups excluding carboxylic acids is 2. The van der Waals surface area contributed by atoms with E-state index in [0.29, 0.717) is 12.8 Å². The highest BCUT2D eigenvalue weighted by atomic mass is 79.9. The predicted molar refractivity (Wildman–Crippen MR) is 108 cm³/mol. The highest BCUT2D eigenvalue weighted by Gasteiger charge is 2.44. The molecule has 1 atom stereocenters. The van der Waals surface area contributed by atoms with Crippen molar-refractivity contribution >= 4 is 33.3 Å². The van der Waals surface area contributed by atoms with Crippen LogP contribution in [0.15, 0.2) is 64.5 Å². The second-order valence-electron chi connectivity index (χ2n) is 8.02. The van der Waals surface area contributed by atoms with Crippen LogP contribution in [0.4, 0.5) is 5.69 Å². The van der Waals surface area contributed by atoms with E-state index in [0.717, 1.165) is 27.0 Å². The molecule has 27 heavy (non-hydrogen) atoms. The minimum atomic E-state index is -0.209. The molecule has 138 valence electrons. The van der Waals surface area contributed by atoms with Crippen molar-refractivity contribution in [1.82, 2.24) is 4.98 Å². The lowest BCUT2D eigenvalue weighted by Gasteiger charge is -2.43. The number of hydrogen-bond acceptors (Lipinski definition) is 3. The zero-order valence-electron chi connectivity index (χ0n) is 15.4. The fraction of sp³-hybridized carbons (Fsp3) is 0.318. The number of benzene rings is 1. The first-order chi connectivity index (χ1) is 12.9. The van der Waals surface area contributed by atoms with E-state index < -0.39 is 0 Å². The van der Waals surface area contributed by atoms with Gasteiger partial charge in [-0.15, -0.1) is 0 Å². The van der Waals surface area contributed by atoms with Gasteiger partial charge in [-0.3, -0.25) is 19.5 Å². The first-order valence-electron chi connectivity index (χ1n) is 9.11. The van der Waals surface area contributed by atoms with Crippen LogP contribution in [0.1, 0.15) is 44.6 Å². The molecule has 1 amide bonds. The Morgan fingerprint density at radius 3 is 2.59 bits per heavy atom. The summed E-state index contributed by atoms with van der Waals surface area (Å²) < 4.78 is 0.933. The van der Waals surface area contributed by atoms with Gasteiger partial charge >= 0.3 is 0 Å². The molecule has 4 rings (SSSR count). The van der Waals surface area contributed by atoms with Crippen LogP contribution in [0, 0.1) is 5.41 Å². The molecule has 1 aromatic heterocycles.